The van der Waals surface area contributed by atoms with E-state index in [4.69, 9.17) is 22.2 Å². The number of hydrogen-bond acceptors (Lipinski definition) is 5. The van der Waals surface area contributed by atoms with Crippen molar-refractivity contribution < 1.29 is 14.4 Å². The number of nitrogens with two attached hydrogens (primary N) is 1. The van der Waals surface area contributed by atoms with Gasteiger partial charge in [0.25, 0.3) is 0 Å². The quantitative estimate of drug-likeness (QED) is 0.236. The molecule has 0 radical (unpaired) electrons. The van der Waals surface area contributed by atoms with Crippen molar-refractivity contribution in [3.05, 3.63) is 92.6 Å². The largest absolute Gasteiger partial charge is 0.380 e. The van der Waals surface area contributed by atoms with Gasteiger partial charge in [0.1, 0.15) is 0 Å². The summed E-state index contributed by atoms with van der Waals surface area (Å²) in [6, 6.07) is 16.4. The molecule has 26 heavy (non-hydrogen) atoms. The second-order valence-corrected chi connectivity index (χ2v) is 6.60. The van der Waals surface area contributed by atoms with E-state index in [1.165, 1.54) is 17.4 Å². The van der Waals surface area contributed by atoms with Gasteiger partial charge >= 0.3 is 5.97 Å². The van der Waals surface area contributed by atoms with Crippen molar-refractivity contribution >= 4 is 40.5 Å². The van der Waals surface area contributed by atoms with Crippen LogP contribution in [-0.2, 0) is 4.84 Å². The van der Waals surface area contributed by atoms with Crippen LogP contribution in [0.1, 0.15) is 31.2 Å². The lowest BCUT2D eigenvalue weighted by Crippen LogP contribution is -2.15. The van der Waals surface area contributed by atoms with Crippen LogP contribution in [0, 0.1) is 0 Å². The van der Waals surface area contributed by atoms with Gasteiger partial charge in [-0.05, 0) is 41.8 Å². The van der Waals surface area contributed by atoms with Crippen molar-refractivity contribution in [1.29, 1.82) is 0 Å². The molecule has 0 aliphatic carbocycles. The Hall–Kier alpha value is -2.96. The number of oxime groups is 1. The van der Waals surface area contributed by atoms with E-state index in [0.717, 1.165) is 0 Å². The zero-order valence-electron chi connectivity index (χ0n) is 13.4. The van der Waals surface area contributed by atoms with Gasteiger partial charge in [-0.25, -0.2) is 4.79 Å². The van der Waals surface area contributed by atoms with E-state index in [1.807, 2.05) is 11.4 Å². The predicted molar refractivity (Wildman–Crippen MR) is 102 cm³/mol. The van der Waals surface area contributed by atoms with Crippen LogP contribution in [0.2, 0.25) is 5.02 Å². The van der Waals surface area contributed by atoms with Gasteiger partial charge in [0.15, 0.2) is 11.6 Å². The average molecular weight is 385 g/mol. The summed E-state index contributed by atoms with van der Waals surface area (Å²) in [6.07, 6.45) is 0. The topological polar surface area (TPSA) is 81.8 Å². The first-order valence-corrected chi connectivity index (χ1v) is 8.80. The van der Waals surface area contributed by atoms with Gasteiger partial charge in [-0.1, -0.05) is 41.0 Å². The van der Waals surface area contributed by atoms with E-state index < -0.39 is 5.97 Å². The second kappa shape index (κ2) is 7.95. The Morgan fingerprint density at radius 3 is 2.31 bits per heavy atom. The van der Waals surface area contributed by atoms with E-state index in [2.05, 4.69) is 5.16 Å². The molecule has 5 nitrogen and oxygen atoms in total. The van der Waals surface area contributed by atoms with Gasteiger partial charge in [0.05, 0.1) is 10.4 Å². The fourth-order valence-electron chi connectivity index (χ4n) is 2.22. The number of ketones is 1. The molecule has 2 aromatic carbocycles. The zero-order chi connectivity index (χ0) is 18.5. The van der Waals surface area contributed by atoms with Crippen LogP contribution in [0.5, 0.6) is 0 Å². The molecule has 0 aliphatic heterocycles. The van der Waals surface area contributed by atoms with Gasteiger partial charge < -0.3 is 10.6 Å². The number of rotatable bonds is 5. The summed E-state index contributed by atoms with van der Waals surface area (Å²) in [7, 11) is 0. The van der Waals surface area contributed by atoms with E-state index in [1.54, 1.807) is 48.5 Å². The molecule has 7 heteroatoms. The number of nitrogens with zero attached hydrogens (tertiary/aromatic N) is 1. The maximum Gasteiger partial charge on any atom is 0.366 e. The first-order chi connectivity index (χ1) is 12.6. The highest BCUT2D eigenvalue weighted by atomic mass is 35.5. The van der Waals surface area contributed by atoms with Crippen LogP contribution in [0.3, 0.4) is 0 Å². The summed E-state index contributed by atoms with van der Waals surface area (Å²) < 4.78 is 0. The number of carbonyl (C=O) groups excluding carboxylic acids is 2. The molecule has 3 aromatic rings. The highest BCUT2D eigenvalue weighted by Crippen LogP contribution is 2.18. The van der Waals surface area contributed by atoms with Crippen LogP contribution >= 0.6 is 22.9 Å². The number of hydrogen-bond donors (Lipinski definition) is 1. The summed E-state index contributed by atoms with van der Waals surface area (Å²) >= 11 is 7.22. The molecule has 0 unspecified atom stereocenters. The molecule has 1 heterocycles. The van der Waals surface area contributed by atoms with E-state index >= 15 is 0 Å². The third kappa shape index (κ3) is 3.99. The average Bonchev–Trinajstić information content (AvgIpc) is 3.21. The molecule has 2 N–H and O–H groups in total. The first-order valence-electron chi connectivity index (χ1n) is 7.54. The molecular weight excluding hydrogens is 372 g/mol. The standard InChI is InChI=1S/C19H13ClN2O3S/c20-13-9-7-12(8-10-13)17(23)14-4-1-2-5-15(14)19(24)25-22-18(21)16-6-3-11-26-16/h1-11H,(H2,21,22). The SMILES string of the molecule is N/C(=N\OC(=O)c1ccccc1C(=O)c1ccc(Cl)cc1)c1cccs1. The molecule has 0 fully saturated rings. The van der Waals surface area contributed by atoms with Gasteiger partial charge in [-0.2, -0.15) is 0 Å². The normalized spacial score (nSPS) is 11.2. The minimum absolute atomic E-state index is 0.0925. The molecule has 3 rings (SSSR count). The van der Waals surface area contributed by atoms with Crippen molar-refractivity contribution in [1.82, 2.24) is 0 Å². The van der Waals surface area contributed by atoms with Crippen LogP contribution in [-0.4, -0.2) is 17.6 Å². The first kappa shape index (κ1) is 17.8. The lowest BCUT2D eigenvalue weighted by molar-refractivity contribution is 0.0513. The van der Waals surface area contributed by atoms with E-state index in [0.29, 0.717) is 15.5 Å². The van der Waals surface area contributed by atoms with Crippen molar-refractivity contribution in [2.24, 2.45) is 10.9 Å². The number of benzene rings is 2. The fraction of sp³-hybridized carbons (Fsp3) is 0. The van der Waals surface area contributed by atoms with E-state index in [-0.39, 0.29) is 22.7 Å². The summed E-state index contributed by atoms with van der Waals surface area (Å²) in [4.78, 5) is 30.7. The molecule has 0 saturated carbocycles. The highest BCUT2D eigenvalue weighted by molar-refractivity contribution is 7.12. The summed E-state index contributed by atoms with van der Waals surface area (Å²) in [6.45, 7) is 0. The summed E-state index contributed by atoms with van der Waals surface area (Å²) in [5, 5.41) is 6.01. The number of halogens is 1. The lowest BCUT2D eigenvalue weighted by atomic mass is 9.98. The molecule has 0 bridgehead atoms. The minimum Gasteiger partial charge on any atom is -0.380 e. The molecule has 0 aliphatic rings. The Kier molecular flexibility index (Phi) is 5.46. The number of amidine groups is 1. The Bertz CT molecular complexity index is 967. The fourth-order valence-corrected chi connectivity index (χ4v) is 2.97. The third-order valence-corrected chi connectivity index (χ3v) is 4.64. The molecule has 0 atom stereocenters. The van der Waals surface area contributed by atoms with Gasteiger partial charge in [0, 0.05) is 16.1 Å². The molecule has 0 amide bonds. The molecule has 130 valence electrons. The third-order valence-electron chi connectivity index (χ3n) is 3.50. The van der Waals surface area contributed by atoms with Gasteiger partial charge in [0.2, 0.25) is 0 Å². The van der Waals surface area contributed by atoms with Crippen LogP contribution in [0.4, 0.5) is 0 Å². The number of carbonyl (C=O) groups is 2. The Balaban J connectivity index is 1.84. The maximum absolute atomic E-state index is 12.7. The van der Waals surface area contributed by atoms with E-state index in [9.17, 15) is 9.59 Å². The zero-order valence-corrected chi connectivity index (χ0v) is 15.0. The van der Waals surface area contributed by atoms with Crippen LogP contribution in [0.25, 0.3) is 0 Å². The van der Waals surface area contributed by atoms with Crippen molar-refractivity contribution in [3.8, 4) is 0 Å². The minimum atomic E-state index is -0.762. The lowest BCUT2D eigenvalue weighted by Gasteiger charge is -2.07. The summed E-state index contributed by atoms with van der Waals surface area (Å²) in [5.74, 6) is -0.985. The van der Waals surface area contributed by atoms with Crippen LogP contribution in [0.15, 0.2) is 71.2 Å². The number of thiophene rings is 1. The Labute approximate surface area is 158 Å². The maximum atomic E-state index is 12.7. The Morgan fingerprint density at radius 1 is 0.962 bits per heavy atom. The molecule has 1 aromatic heterocycles. The second-order valence-electron chi connectivity index (χ2n) is 5.21. The summed E-state index contributed by atoms with van der Waals surface area (Å²) in [5.41, 5.74) is 6.51. The van der Waals surface area contributed by atoms with Crippen molar-refractivity contribution in [3.63, 3.8) is 0 Å². The van der Waals surface area contributed by atoms with Crippen molar-refractivity contribution in [2.75, 3.05) is 0 Å². The Morgan fingerprint density at radius 2 is 1.65 bits per heavy atom. The van der Waals surface area contributed by atoms with Gasteiger partial charge in [-0.3, -0.25) is 4.79 Å². The smallest absolute Gasteiger partial charge is 0.366 e. The molecular formula is C19H13ClN2O3S. The highest BCUT2D eigenvalue weighted by Gasteiger charge is 2.19. The van der Waals surface area contributed by atoms with Crippen LogP contribution < -0.4 is 5.73 Å². The predicted octanol–water partition coefficient (Wildman–Crippen LogP) is 4.11. The molecule has 0 spiro atoms. The monoisotopic (exact) mass is 384 g/mol. The van der Waals surface area contributed by atoms with Gasteiger partial charge in [-0.15, -0.1) is 11.3 Å². The van der Waals surface area contributed by atoms with Crippen molar-refractivity contribution in [2.45, 2.75) is 0 Å². The molecule has 0 saturated heterocycles.